The monoisotopic (exact) mass is 384 g/mol. The molecular weight excluding hydrogens is 368 g/mol. The molecule has 0 radical (unpaired) electrons. The summed E-state index contributed by atoms with van der Waals surface area (Å²) in [6.45, 7) is 1.74. The zero-order valence-corrected chi connectivity index (χ0v) is 15.4. The Morgan fingerprint density at radius 1 is 1.29 bits per heavy atom. The molecule has 0 amide bonds. The van der Waals surface area contributed by atoms with E-state index in [1.165, 1.54) is 23.1 Å². The number of nitrogens with zero attached hydrogens (tertiary/aromatic N) is 2. The highest BCUT2D eigenvalue weighted by Gasteiger charge is 2.20. The van der Waals surface area contributed by atoms with Crippen molar-refractivity contribution in [2.24, 2.45) is 5.92 Å². The minimum absolute atomic E-state index is 0.0629. The quantitative estimate of drug-likeness (QED) is 0.338. The van der Waals surface area contributed by atoms with Gasteiger partial charge in [-0.15, -0.1) is 10.2 Å². The number of rotatable bonds is 7. The van der Waals surface area contributed by atoms with E-state index >= 15 is 0 Å². The summed E-state index contributed by atoms with van der Waals surface area (Å²) < 4.78 is 10.4. The molecule has 2 aromatic rings. The van der Waals surface area contributed by atoms with Crippen LogP contribution in [0.15, 0.2) is 34.7 Å². The van der Waals surface area contributed by atoms with Gasteiger partial charge in [-0.3, -0.25) is 4.79 Å². The Morgan fingerprint density at radius 3 is 2.71 bits per heavy atom. The summed E-state index contributed by atoms with van der Waals surface area (Å²) in [6, 6.07) is 9.16. The largest absolute Gasteiger partial charge is 0.516 e. The van der Waals surface area contributed by atoms with Crippen LogP contribution in [0.3, 0.4) is 0 Å². The average molecular weight is 385 g/mol. The van der Waals surface area contributed by atoms with Crippen molar-refractivity contribution >= 4 is 47.9 Å². The van der Waals surface area contributed by atoms with E-state index in [1.54, 1.807) is 6.92 Å². The zero-order chi connectivity index (χ0) is 17.4. The smallest absolute Gasteiger partial charge is 0.429 e. The van der Waals surface area contributed by atoms with E-state index in [0.29, 0.717) is 11.5 Å². The zero-order valence-electron chi connectivity index (χ0n) is 12.9. The normalized spacial score (nSPS) is 11.8. The van der Waals surface area contributed by atoms with Gasteiger partial charge < -0.3 is 9.47 Å². The summed E-state index contributed by atoms with van der Waals surface area (Å²) in [5.41, 5.74) is 0.821. The van der Waals surface area contributed by atoms with E-state index < -0.39 is 18.0 Å². The maximum atomic E-state index is 11.9. The third-order valence-electron chi connectivity index (χ3n) is 2.83. The molecule has 0 fully saturated rings. The topological polar surface area (TPSA) is 78.4 Å². The molecule has 2 rings (SSSR count). The number of thioether (sulfide) groups is 1. The first-order valence-corrected chi connectivity index (χ1v) is 9.50. The van der Waals surface area contributed by atoms with Crippen LogP contribution in [0.4, 0.5) is 4.79 Å². The lowest BCUT2D eigenvalue weighted by molar-refractivity contribution is -0.143. The SMILES string of the molecule is CC(CSc1nnc(CS)s1)C(=O)OC(=O)OCc1ccccc1. The Kier molecular flexibility index (Phi) is 7.54. The van der Waals surface area contributed by atoms with Gasteiger partial charge in [0.2, 0.25) is 0 Å². The number of benzene rings is 1. The van der Waals surface area contributed by atoms with Gasteiger partial charge in [0.15, 0.2) is 4.34 Å². The van der Waals surface area contributed by atoms with Gasteiger partial charge in [0.05, 0.1) is 5.92 Å². The summed E-state index contributed by atoms with van der Waals surface area (Å²) in [6.07, 6.45) is -0.992. The van der Waals surface area contributed by atoms with E-state index in [2.05, 4.69) is 22.8 Å². The van der Waals surface area contributed by atoms with Gasteiger partial charge in [-0.25, -0.2) is 4.79 Å². The minimum atomic E-state index is -0.992. The number of carbonyl (C=O) groups is 2. The standard InChI is InChI=1S/C15H16N2O4S3/c1-10(9-23-14-17-16-12(8-22)24-14)13(18)21-15(19)20-7-11-5-3-2-4-6-11/h2-6,10,22H,7-9H2,1H3. The van der Waals surface area contributed by atoms with Crippen LogP contribution in [0.2, 0.25) is 0 Å². The van der Waals surface area contributed by atoms with Crippen LogP contribution in [0, 0.1) is 5.92 Å². The van der Waals surface area contributed by atoms with Gasteiger partial charge in [-0.2, -0.15) is 12.6 Å². The average Bonchev–Trinajstić information content (AvgIpc) is 3.07. The molecule has 128 valence electrons. The molecule has 1 heterocycles. The highest BCUT2D eigenvalue weighted by molar-refractivity contribution is 8.01. The molecule has 1 atom stereocenters. The van der Waals surface area contributed by atoms with Crippen molar-refractivity contribution in [2.45, 2.75) is 23.6 Å². The molecule has 0 N–H and O–H groups in total. The third-order valence-corrected chi connectivity index (χ3v) is 5.66. The van der Waals surface area contributed by atoms with Crippen molar-refractivity contribution in [1.82, 2.24) is 10.2 Å². The highest BCUT2D eigenvalue weighted by Crippen LogP contribution is 2.25. The third kappa shape index (κ3) is 6.14. The fourth-order valence-electron chi connectivity index (χ4n) is 1.55. The Hall–Kier alpha value is -1.58. The van der Waals surface area contributed by atoms with Crippen molar-refractivity contribution in [1.29, 1.82) is 0 Å². The van der Waals surface area contributed by atoms with Gasteiger partial charge in [0.1, 0.15) is 11.6 Å². The Balaban J connectivity index is 1.71. The predicted octanol–water partition coefficient (Wildman–Crippen LogP) is 3.58. The number of carbonyl (C=O) groups excluding carboxylic acids is 2. The molecule has 1 aromatic heterocycles. The number of hydrogen-bond donors (Lipinski definition) is 1. The second-order valence-corrected chi connectivity index (χ2v) is 7.42. The van der Waals surface area contributed by atoms with Crippen LogP contribution >= 0.6 is 35.7 Å². The molecule has 24 heavy (non-hydrogen) atoms. The lowest BCUT2D eigenvalue weighted by Gasteiger charge is -2.09. The second kappa shape index (κ2) is 9.65. The van der Waals surface area contributed by atoms with Crippen molar-refractivity contribution in [3.8, 4) is 0 Å². The van der Waals surface area contributed by atoms with E-state index in [9.17, 15) is 9.59 Å². The molecule has 0 aliphatic rings. The van der Waals surface area contributed by atoms with Crippen LogP contribution in [-0.2, 0) is 26.6 Å². The maximum Gasteiger partial charge on any atom is 0.516 e. The number of hydrogen-bond acceptors (Lipinski definition) is 9. The number of ether oxygens (including phenoxy) is 2. The molecule has 9 heteroatoms. The summed E-state index contributed by atoms with van der Waals surface area (Å²) in [7, 11) is 0. The highest BCUT2D eigenvalue weighted by atomic mass is 32.2. The summed E-state index contributed by atoms with van der Waals surface area (Å²) in [4.78, 5) is 23.4. The van der Waals surface area contributed by atoms with E-state index in [1.807, 2.05) is 30.3 Å². The minimum Gasteiger partial charge on any atom is -0.429 e. The Bertz CT molecular complexity index is 678. The maximum absolute atomic E-state index is 11.9. The first kappa shape index (κ1) is 18.8. The van der Waals surface area contributed by atoms with Gasteiger partial charge in [0.25, 0.3) is 0 Å². The summed E-state index contributed by atoms with van der Waals surface area (Å²) in [5.74, 6) is -0.128. The van der Waals surface area contributed by atoms with Crippen molar-refractivity contribution in [3.63, 3.8) is 0 Å². The molecule has 1 aromatic carbocycles. The molecule has 1 unspecified atom stereocenters. The Morgan fingerprint density at radius 2 is 2.04 bits per heavy atom. The molecule has 0 aliphatic carbocycles. The summed E-state index contributed by atoms with van der Waals surface area (Å²) in [5, 5.41) is 8.74. The molecule has 0 saturated carbocycles. The molecule has 0 saturated heterocycles. The number of aromatic nitrogens is 2. The second-order valence-electron chi connectivity index (χ2n) is 4.78. The van der Waals surface area contributed by atoms with Crippen LogP contribution < -0.4 is 0 Å². The molecule has 6 nitrogen and oxygen atoms in total. The van der Waals surface area contributed by atoms with Gasteiger partial charge >= 0.3 is 12.1 Å². The first-order valence-electron chi connectivity index (χ1n) is 7.07. The molecular formula is C15H16N2O4S3. The van der Waals surface area contributed by atoms with Crippen molar-refractivity contribution in [3.05, 3.63) is 40.9 Å². The molecule has 0 bridgehead atoms. The van der Waals surface area contributed by atoms with E-state index in [0.717, 1.165) is 14.9 Å². The fraction of sp³-hybridized carbons (Fsp3) is 0.333. The van der Waals surface area contributed by atoms with Crippen molar-refractivity contribution in [2.75, 3.05) is 5.75 Å². The van der Waals surface area contributed by atoms with Crippen LogP contribution in [0.25, 0.3) is 0 Å². The van der Waals surface area contributed by atoms with Gasteiger partial charge in [0, 0.05) is 11.5 Å². The predicted molar refractivity (Wildman–Crippen MR) is 95.2 cm³/mol. The lowest BCUT2D eigenvalue weighted by atomic mass is 10.2. The number of thiol groups is 1. The van der Waals surface area contributed by atoms with Crippen LogP contribution in [0.5, 0.6) is 0 Å². The number of esters is 1. The van der Waals surface area contributed by atoms with Gasteiger partial charge in [-0.05, 0) is 5.56 Å². The Labute approximate surface area is 153 Å². The fourth-order valence-corrected chi connectivity index (χ4v) is 3.60. The lowest BCUT2D eigenvalue weighted by Crippen LogP contribution is -2.21. The van der Waals surface area contributed by atoms with Crippen LogP contribution in [0.1, 0.15) is 17.5 Å². The van der Waals surface area contributed by atoms with Crippen LogP contribution in [-0.4, -0.2) is 28.1 Å². The van der Waals surface area contributed by atoms with Gasteiger partial charge in [-0.1, -0.05) is 60.4 Å². The summed E-state index contributed by atoms with van der Waals surface area (Å²) >= 11 is 6.94. The van der Waals surface area contributed by atoms with Crippen molar-refractivity contribution < 1.29 is 19.1 Å². The molecule has 0 spiro atoms. The van der Waals surface area contributed by atoms with E-state index in [4.69, 9.17) is 9.47 Å². The molecule has 0 aliphatic heterocycles. The first-order chi connectivity index (χ1) is 11.6. The van der Waals surface area contributed by atoms with E-state index in [-0.39, 0.29) is 6.61 Å².